The summed E-state index contributed by atoms with van der Waals surface area (Å²) in [7, 11) is 0. The number of H-pyrrole nitrogens is 1. The average Bonchev–Trinajstić information content (AvgIpc) is 3.24. The van der Waals surface area contributed by atoms with Crippen LogP contribution in [0.3, 0.4) is 0 Å². The first kappa shape index (κ1) is 18.7. The zero-order chi connectivity index (χ0) is 20.2. The highest BCUT2D eigenvalue weighted by molar-refractivity contribution is 5.81. The van der Waals surface area contributed by atoms with Crippen LogP contribution in [0.5, 0.6) is 11.5 Å². The molecule has 5 heteroatoms. The third-order valence-corrected chi connectivity index (χ3v) is 5.68. The summed E-state index contributed by atoms with van der Waals surface area (Å²) in [5.74, 6) is 1.76. The molecule has 1 aliphatic rings. The van der Waals surface area contributed by atoms with Gasteiger partial charge < -0.3 is 10.1 Å². The van der Waals surface area contributed by atoms with Crippen molar-refractivity contribution >= 4 is 16.6 Å². The van der Waals surface area contributed by atoms with Gasteiger partial charge in [-0.25, -0.2) is 0 Å². The summed E-state index contributed by atoms with van der Waals surface area (Å²) >= 11 is 0. The number of piperidine rings is 1. The number of rotatable bonds is 6. The van der Waals surface area contributed by atoms with Crippen LogP contribution in [0.1, 0.15) is 18.4 Å². The average molecular weight is 399 g/mol. The van der Waals surface area contributed by atoms with Crippen LogP contribution in [0.25, 0.3) is 10.9 Å². The molecule has 0 unspecified atom stereocenters. The number of anilines is 1. The lowest BCUT2D eigenvalue weighted by Crippen LogP contribution is -2.38. The number of likely N-dealkylation sites (tertiary alicyclic amines) is 1. The Kier molecular flexibility index (Phi) is 5.36. The van der Waals surface area contributed by atoms with E-state index in [1.54, 1.807) is 0 Å². The molecule has 5 nitrogen and oxygen atoms in total. The highest BCUT2D eigenvalue weighted by atomic mass is 16.5. The third kappa shape index (κ3) is 4.47. The molecule has 0 saturated carbocycles. The normalized spacial score (nSPS) is 15.3. The molecule has 0 spiro atoms. The molecular weight excluding hydrogens is 372 g/mol. The van der Waals surface area contributed by atoms with Crippen molar-refractivity contribution in [2.45, 2.75) is 25.4 Å². The first-order valence-electron chi connectivity index (χ1n) is 10.6. The number of nitrogens with zero attached hydrogens (tertiary/aromatic N) is 2. The number of hydrogen-bond acceptors (Lipinski definition) is 4. The Balaban J connectivity index is 1.15. The summed E-state index contributed by atoms with van der Waals surface area (Å²) in [6.07, 6.45) is 4.16. The van der Waals surface area contributed by atoms with Crippen molar-refractivity contribution in [2.75, 3.05) is 18.4 Å². The summed E-state index contributed by atoms with van der Waals surface area (Å²) in [5.41, 5.74) is 3.54. The van der Waals surface area contributed by atoms with Crippen LogP contribution in [0, 0.1) is 0 Å². The Hall–Kier alpha value is -3.31. The standard InChI is InChI=1S/C25H26N4O/c1-2-6-23(7-3-1)30-24-8-4-5-19(15-24)18-29-13-11-21(12-14-29)27-22-9-10-25-20(16-22)17-26-28-25/h1-10,15-17,21,27H,11-14,18H2,(H,26,28). The second-order valence-electron chi connectivity index (χ2n) is 7.93. The molecule has 0 amide bonds. The predicted molar refractivity (Wildman–Crippen MR) is 121 cm³/mol. The van der Waals surface area contributed by atoms with E-state index in [0.717, 1.165) is 54.9 Å². The van der Waals surface area contributed by atoms with Crippen molar-refractivity contribution in [1.29, 1.82) is 0 Å². The number of aromatic amines is 1. The van der Waals surface area contributed by atoms with E-state index in [0.29, 0.717) is 6.04 Å². The number of fused-ring (bicyclic) bond motifs is 1. The van der Waals surface area contributed by atoms with E-state index in [1.807, 2.05) is 42.6 Å². The Labute approximate surface area is 176 Å². The van der Waals surface area contributed by atoms with Gasteiger partial charge >= 0.3 is 0 Å². The van der Waals surface area contributed by atoms with Gasteiger partial charge in [-0.2, -0.15) is 5.10 Å². The minimum absolute atomic E-state index is 0.512. The fourth-order valence-electron chi connectivity index (χ4n) is 4.09. The van der Waals surface area contributed by atoms with Crippen molar-refractivity contribution in [3.63, 3.8) is 0 Å². The van der Waals surface area contributed by atoms with Gasteiger partial charge in [-0.1, -0.05) is 30.3 Å². The molecule has 3 aromatic carbocycles. The second-order valence-corrected chi connectivity index (χ2v) is 7.93. The molecule has 30 heavy (non-hydrogen) atoms. The van der Waals surface area contributed by atoms with Gasteiger partial charge in [0.05, 0.1) is 11.7 Å². The molecule has 1 aliphatic heterocycles. The zero-order valence-corrected chi connectivity index (χ0v) is 16.9. The maximum atomic E-state index is 5.98. The summed E-state index contributed by atoms with van der Waals surface area (Å²) < 4.78 is 5.98. The number of ether oxygens (including phenoxy) is 1. The molecule has 0 radical (unpaired) electrons. The first-order chi connectivity index (χ1) is 14.8. The lowest BCUT2D eigenvalue weighted by Gasteiger charge is -2.33. The molecule has 2 heterocycles. The van der Waals surface area contributed by atoms with Crippen LogP contribution >= 0.6 is 0 Å². The smallest absolute Gasteiger partial charge is 0.127 e. The van der Waals surface area contributed by atoms with E-state index in [4.69, 9.17) is 4.74 Å². The van der Waals surface area contributed by atoms with Crippen LogP contribution in [-0.4, -0.2) is 34.2 Å². The van der Waals surface area contributed by atoms with Crippen molar-refractivity contribution < 1.29 is 4.74 Å². The maximum Gasteiger partial charge on any atom is 0.127 e. The van der Waals surface area contributed by atoms with Crippen molar-refractivity contribution in [3.05, 3.63) is 84.6 Å². The summed E-state index contributed by atoms with van der Waals surface area (Å²) in [5, 5.41) is 11.9. The lowest BCUT2D eigenvalue weighted by atomic mass is 10.0. The molecule has 4 aromatic rings. The fourth-order valence-corrected chi connectivity index (χ4v) is 4.09. The van der Waals surface area contributed by atoms with E-state index < -0.39 is 0 Å². The van der Waals surface area contributed by atoms with E-state index in [9.17, 15) is 0 Å². The van der Waals surface area contributed by atoms with Crippen LogP contribution in [0.4, 0.5) is 5.69 Å². The van der Waals surface area contributed by atoms with Crippen LogP contribution in [-0.2, 0) is 6.54 Å². The van der Waals surface area contributed by atoms with Gasteiger partial charge in [0.25, 0.3) is 0 Å². The lowest BCUT2D eigenvalue weighted by molar-refractivity contribution is 0.211. The molecular formula is C25H26N4O. The highest BCUT2D eigenvalue weighted by Crippen LogP contribution is 2.24. The fraction of sp³-hybridized carbons (Fsp3) is 0.240. The number of nitrogens with one attached hydrogen (secondary N) is 2. The monoisotopic (exact) mass is 398 g/mol. The van der Waals surface area contributed by atoms with Crippen LogP contribution in [0.15, 0.2) is 79.0 Å². The van der Waals surface area contributed by atoms with E-state index in [1.165, 1.54) is 11.3 Å². The SMILES string of the molecule is c1ccc(Oc2cccc(CN3CCC(Nc4ccc5[nH]ncc5c4)CC3)c2)cc1. The molecule has 5 rings (SSSR count). The van der Waals surface area contributed by atoms with Crippen molar-refractivity contribution in [2.24, 2.45) is 0 Å². The van der Waals surface area contributed by atoms with Gasteiger partial charge in [0, 0.05) is 36.7 Å². The predicted octanol–water partition coefficient (Wildman–Crippen LogP) is 5.43. The number of para-hydroxylation sites is 1. The van der Waals surface area contributed by atoms with Gasteiger partial charge in [0.15, 0.2) is 0 Å². The zero-order valence-electron chi connectivity index (χ0n) is 16.9. The Morgan fingerprint density at radius 3 is 2.63 bits per heavy atom. The van der Waals surface area contributed by atoms with Gasteiger partial charge in [-0.3, -0.25) is 10.00 Å². The number of benzene rings is 3. The summed E-state index contributed by atoms with van der Waals surface area (Å²) in [6.45, 7) is 3.14. The molecule has 1 saturated heterocycles. The number of hydrogen-bond donors (Lipinski definition) is 2. The quantitative estimate of drug-likeness (QED) is 0.455. The second kappa shape index (κ2) is 8.59. The van der Waals surface area contributed by atoms with Crippen molar-refractivity contribution in [1.82, 2.24) is 15.1 Å². The minimum atomic E-state index is 0.512. The van der Waals surface area contributed by atoms with E-state index >= 15 is 0 Å². The Morgan fingerprint density at radius 1 is 0.933 bits per heavy atom. The summed E-state index contributed by atoms with van der Waals surface area (Å²) in [4.78, 5) is 2.53. The number of aromatic nitrogens is 2. The van der Waals surface area contributed by atoms with Crippen LogP contribution in [0.2, 0.25) is 0 Å². The maximum absolute atomic E-state index is 5.98. The highest BCUT2D eigenvalue weighted by Gasteiger charge is 2.19. The molecule has 0 atom stereocenters. The van der Waals surface area contributed by atoms with E-state index in [-0.39, 0.29) is 0 Å². The van der Waals surface area contributed by atoms with Crippen LogP contribution < -0.4 is 10.1 Å². The third-order valence-electron chi connectivity index (χ3n) is 5.68. The topological polar surface area (TPSA) is 53.2 Å². The molecule has 2 N–H and O–H groups in total. The summed E-state index contributed by atoms with van der Waals surface area (Å²) in [6, 6.07) is 25.3. The minimum Gasteiger partial charge on any atom is -0.457 e. The largest absolute Gasteiger partial charge is 0.457 e. The van der Waals surface area contributed by atoms with Gasteiger partial charge in [-0.05, 0) is 60.9 Å². The molecule has 152 valence electrons. The van der Waals surface area contributed by atoms with Gasteiger partial charge in [0.2, 0.25) is 0 Å². The van der Waals surface area contributed by atoms with Gasteiger partial charge in [0.1, 0.15) is 11.5 Å². The molecule has 0 bridgehead atoms. The Morgan fingerprint density at radius 2 is 1.77 bits per heavy atom. The Bertz CT molecular complexity index is 1100. The molecule has 0 aliphatic carbocycles. The van der Waals surface area contributed by atoms with Crippen molar-refractivity contribution in [3.8, 4) is 11.5 Å². The molecule has 1 fully saturated rings. The first-order valence-corrected chi connectivity index (χ1v) is 10.6. The van der Waals surface area contributed by atoms with Gasteiger partial charge in [-0.15, -0.1) is 0 Å². The molecule has 1 aromatic heterocycles. The van der Waals surface area contributed by atoms with E-state index in [2.05, 4.69) is 56.8 Å².